The lowest BCUT2D eigenvalue weighted by Gasteiger charge is -2.24. The highest BCUT2D eigenvalue weighted by atomic mass is 32.1. The van der Waals surface area contributed by atoms with Crippen molar-refractivity contribution in [2.45, 2.75) is 19.4 Å². The number of carboxylic acid groups (broad SMARTS) is 1. The summed E-state index contributed by atoms with van der Waals surface area (Å²) in [7, 11) is 0. The fourth-order valence-corrected chi connectivity index (χ4v) is 1.69. The Kier molecular flexibility index (Phi) is 2.68. The van der Waals surface area contributed by atoms with Crippen molar-refractivity contribution in [1.29, 1.82) is 0 Å². The lowest BCUT2D eigenvalue weighted by molar-refractivity contribution is -0.150. The van der Waals surface area contributed by atoms with Gasteiger partial charge in [0.1, 0.15) is 10.6 Å². The number of rotatable bonds is 3. The molecule has 2 N–H and O–H groups in total. The van der Waals surface area contributed by atoms with Gasteiger partial charge in [0.15, 0.2) is 0 Å². The van der Waals surface area contributed by atoms with Gasteiger partial charge in [-0.1, -0.05) is 0 Å². The molecule has 0 aliphatic heterocycles. The summed E-state index contributed by atoms with van der Waals surface area (Å²) in [6.07, 6.45) is 1.54. The zero-order chi connectivity index (χ0) is 10.1. The maximum atomic E-state index is 10.7. The van der Waals surface area contributed by atoms with Gasteiger partial charge in [0.05, 0.1) is 5.92 Å². The summed E-state index contributed by atoms with van der Waals surface area (Å²) in [5.74, 6) is -1.89. The Labute approximate surface area is 79.9 Å². The third-order valence-corrected chi connectivity index (χ3v) is 3.08. The molecule has 0 saturated heterocycles. The van der Waals surface area contributed by atoms with Crippen LogP contribution in [0.25, 0.3) is 0 Å². The van der Waals surface area contributed by atoms with Crippen LogP contribution in [0.1, 0.15) is 18.9 Å². The van der Waals surface area contributed by atoms with Crippen LogP contribution in [0.5, 0.6) is 0 Å². The van der Waals surface area contributed by atoms with Crippen molar-refractivity contribution in [3.63, 3.8) is 0 Å². The largest absolute Gasteiger partial charge is 0.481 e. The predicted molar refractivity (Wildman–Crippen MR) is 48.5 cm³/mol. The minimum absolute atomic E-state index is 0.433. The first kappa shape index (κ1) is 10.1. The average molecular weight is 201 g/mol. The first-order valence-electron chi connectivity index (χ1n) is 3.81. The van der Waals surface area contributed by atoms with E-state index in [0.29, 0.717) is 5.01 Å². The van der Waals surface area contributed by atoms with Gasteiger partial charge < -0.3 is 10.2 Å². The highest BCUT2D eigenvalue weighted by Crippen LogP contribution is 2.30. The molecular formula is C8H11NO3S. The third kappa shape index (κ3) is 1.87. The summed E-state index contributed by atoms with van der Waals surface area (Å²) in [5, 5.41) is 20.8. The van der Waals surface area contributed by atoms with Gasteiger partial charge in [-0.25, -0.2) is 4.98 Å². The minimum Gasteiger partial charge on any atom is -0.481 e. The van der Waals surface area contributed by atoms with Crippen molar-refractivity contribution >= 4 is 17.3 Å². The van der Waals surface area contributed by atoms with E-state index in [2.05, 4.69) is 4.98 Å². The van der Waals surface area contributed by atoms with E-state index in [9.17, 15) is 9.90 Å². The van der Waals surface area contributed by atoms with Crippen molar-refractivity contribution in [3.8, 4) is 0 Å². The van der Waals surface area contributed by atoms with Crippen molar-refractivity contribution < 1.29 is 15.0 Å². The monoisotopic (exact) mass is 201 g/mol. The Morgan fingerprint density at radius 2 is 2.38 bits per heavy atom. The van der Waals surface area contributed by atoms with Gasteiger partial charge in [-0.05, 0) is 13.8 Å². The molecule has 5 heteroatoms. The maximum absolute atomic E-state index is 10.7. The third-order valence-electron chi connectivity index (χ3n) is 2.08. The van der Waals surface area contributed by atoms with Crippen molar-refractivity contribution in [2.75, 3.05) is 0 Å². The van der Waals surface area contributed by atoms with E-state index in [1.54, 1.807) is 11.6 Å². The smallest absolute Gasteiger partial charge is 0.309 e. The molecule has 0 aromatic carbocycles. The molecule has 1 aromatic heterocycles. The van der Waals surface area contributed by atoms with Crippen molar-refractivity contribution in [2.24, 2.45) is 5.92 Å². The van der Waals surface area contributed by atoms with E-state index in [1.165, 1.54) is 25.2 Å². The summed E-state index contributed by atoms with van der Waals surface area (Å²) in [6.45, 7) is 2.92. The van der Waals surface area contributed by atoms with Crippen LogP contribution in [0.3, 0.4) is 0 Å². The van der Waals surface area contributed by atoms with E-state index in [1.807, 2.05) is 0 Å². The lowest BCUT2D eigenvalue weighted by atomic mass is 9.92. The minimum atomic E-state index is -1.39. The zero-order valence-electron chi connectivity index (χ0n) is 7.39. The Morgan fingerprint density at radius 1 is 1.77 bits per heavy atom. The summed E-state index contributed by atoms with van der Waals surface area (Å²) in [4.78, 5) is 14.6. The van der Waals surface area contributed by atoms with Crippen LogP contribution in [-0.4, -0.2) is 21.2 Å². The number of aliphatic hydroxyl groups is 1. The Balaban J connectivity index is 2.95. The molecule has 2 atom stereocenters. The molecule has 0 radical (unpaired) electrons. The molecule has 72 valence electrons. The number of carboxylic acids is 1. The second-order valence-electron chi connectivity index (χ2n) is 3.04. The van der Waals surface area contributed by atoms with Crippen molar-refractivity contribution in [3.05, 3.63) is 16.6 Å². The number of aromatic nitrogens is 1. The Hall–Kier alpha value is -0.940. The molecule has 13 heavy (non-hydrogen) atoms. The quantitative estimate of drug-likeness (QED) is 0.767. The van der Waals surface area contributed by atoms with Crippen LogP contribution in [-0.2, 0) is 10.4 Å². The fraction of sp³-hybridized carbons (Fsp3) is 0.500. The van der Waals surface area contributed by atoms with Gasteiger partial charge in [0.2, 0.25) is 0 Å². The van der Waals surface area contributed by atoms with E-state index >= 15 is 0 Å². The van der Waals surface area contributed by atoms with E-state index in [4.69, 9.17) is 5.11 Å². The first-order valence-corrected chi connectivity index (χ1v) is 4.69. The summed E-state index contributed by atoms with van der Waals surface area (Å²) < 4.78 is 0. The lowest BCUT2D eigenvalue weighted by Crippen LogP contribution is -2.35. The molecule has 1 aromatic rings. The second-order valence-corrected chi connectivity index (χ2v) is 3.94. The van der Waals surface area contributed by atoms with Crippen LogP contribution < -0.4 is 0 Å². The summed E-state index contributed by atoms with van der Waals surface area (Å²) >= 11 is 1.25. The standard InChI is InChI=1S/C8H11NO3S/c1-5(6(10)11)8(2,12)7-9-3-4-13-7/h3-5,12H,1-2H3,(H,10,11). The number of hydrogen-bond acceptors (Lipinski definition) is 4. The molecule has 0 saturated carbocycles. The second kappa shape index (κ2) is 3.43. The predicted octanol–water partition coefficient (Wildman–Crippen LogP) is 1.07. The molecule has 0 aliphatic carbocycles. The fourth-order valence-electron chi connectivity index (χ4n) is 0.899. The van der Waals surface area contributed by atoms with Crippen LogP contribution in [0.15, 0.2) is 11.6 Å². The van der Waals surface area contributed by atoms with Crippen LogP contribution >= 0.6 is 11.3 Å². The summed E-state index contributed by atoms with van der Waals surface area (Å²) in [5.41, 5.74) is -1.39. The van der Waals surface area contributed by atoms with Crippen LogP contribution in [0, 0.1) is 5.92 Å². The van der Waals surface area contributed by atoms with Crippen LogP contribution in [0.4, 0.5) is 0 Å². The maximum Gasteiger partial charge on any atom is 0.309 e. The SMILES string of the molecule is CC(C(=O)O)C(C)(O)c1nccs1. The van der Waals surface area contributed by atoms with E-state index in [-0.39, 0.29) is 0 Å². The number of thiazole rings is 1. The van der Waals surface area contributed by atoms with Gasteiger partial charge in [-0.3, -0.25) is 4.79 Å². The molecule has 0 fully saturated rings. The molecule has 4 nitrogen and oxygen atoms in total. The van der Waals surface area contributed by atoms with Crippen LogP contribution in [0.2, 0.25) is 0 Å². The number of nitrogens with zero attached hydrogens (tertiary/aromatic N) is 1. The van der Waals surface area contributed by atoms with Gasteiger partial charge in [0, 0.05) is 11.6 Å². The average Bonchev–Trinajstić information content (AvgIpc) is 2.54. The molecule has 0 aliphatic rings. The van der Waals surface area contributed by atoms with Gasteiger partial charge >= 0.3 is 5.97 Å². The first-order chi connectivity index (χ1) is 5.96. The zero-order valence-corrected chi connectivity index (χ0v) is 8.21. The highest BCUT2D eigenvalue weighted by molar-refractivity contribution is 7.09. The summed E-state index contributed by atoms with van der Waals surface area (Å²) in [6, 6.07) is 0. The van der Waals surface area contributed by atoms with E-state index in [0.717, 1.165) is 0 Å². The topological polar surface area (TPSA) is 70.4 Å². The Bertz CT molecular complexity index is 294. The number of carbonyl (C=O) groups is 1. The van der Waals surface area contributed by atoms with Gasteiger partial charge in [-0.2, -0.15) is 0 Å². The van der Waals surface area contributed by atoms with E-state index < -0.39 is 17.5 Å². The molecule has 1 heterocycles. The van der Waals surface area contributed by atoms with Gasteiger partial charge in [-0.15, -0.1) is 11.3 Å². The molecule has 1 rings (SSSR count). The normalized spacial score (nSPS) is 17.8. The Morgan fingerprint density at radius 3 is 2.77 bits per heavy atom. The highest BCUT2D eigenvalue weighted by Gasteiger charge is 2.37. The molecule has 0 amide bonds. The molecular weight excluding hydrogens is 190 g/mol. The number of aliphatic carboxylic acids is 1. The molecule has 0 spiro atoms. The molecule has 0 bridgehead atoms. The van der Waals surface area contributed by atoms with Gasteiger partial charge in [0.25, 0.3) is 0 Å². The molecule has 2 unspecified atom stereocenters. The number of hydrogen-bond donors (Lipinski definition) is 2. The van der Waals surface area contributed by atoms with Crippen molar-refractivity contribution in [1.82, 2.24) is 4.98 Å².